The van der Waals surface area contributed by atoms with E-state index in [0.29, 0.717) is 0 Å². The Kier molecular flexibility index (Phi) is 7.74. The molecule has 2 N–H and O–H groups in total. The maximum absolute atomic E-state index is 5.59. The van der Waals surface area contributed by atoms with Gasteiger partial charge in [0, 0.05) is 80.2 Å². The first kappa shape index (κ1) is 35.0. The van der Waals surface area contributed by atoms with Crippen molar-refractivity contribution in [2.24, 2.45) is 21.1 Å². The summed E-state index contributed by atoms with van der Waals surface area (Å²) in [7, 11) is 6.15. The topological polar surface area (TPSA) is 69.0 Å². The zero-order valence-electron chi connectivity index (χ0n) is 34.0. The summed E-state index contributed by atoms with van der Waals surface area (Å²) in [6, 6.07) is 41.8. The molecule has 10 aromatic rings. The lowest BCUT2D eigenvalue weighted by Gasteiger charge is -2.14. The van der Waals surface area contributed by atoms with Crippen molar-refractivity contribution in [1.29, 1.82) is 0 Å². The van der Waals surface area contributed by atoms with Gasteiger partial charge in [-0.15, -0.1) is 0 Å². The van der Waals surface area contributed by atoms with Gasteiger partial charge < -0.3 is 9.97 Å². The van der Waals surface area contributed by atoms with Crippen molar-refractivity contribution < 1.29 is 13.7 Å². The van der Waals surface area contributed by atoms with Crippen LogP contribution in [0.15, 0.2) is 152 Å². The number of hydrogen-bond acceptors (Lipinski definition) is 2. The highest BCUT2D eigenvalue weighted by Crippen LogP contribution is 2.43. The molecule has 8 heterocycles. The molecule has 12 rings (SSSR count). The predicted molar refractivity (Wildman–Crippen MR) is 248 cm³/mol. The molecule has 61 heavy (non-hydrogen) atoms. The van der Waals surface area contributed by atoms with Crippen LogP contribution in [0.3, 0.4) is 0 Å². The first-order chi connectivity index (χ1) is 29.9. The summed E-state index contributed by atoms with van der Waals surface area (Å²) in [5.74, 6) is 0. The van der Waals surface area contributed by atoms with Crippen LogP contribution >= 0.6 is 0 Å². The first-order valence-electron chi connectivity index (χ1n) is 20.6. The third kappa shape index (κ3) is 5.69. The fourth-order valence-corrected chi connectivity index (χ4v) is 9.42. The van der Waals surface area contributed by atoms with Gasteiger partial charge in [0.2, 0.25) is 0 Å². The third-order valence-electron chi connectivity index (χ3n) is 12.3. The normalized spacial score (nSPS) is 12.4. The molecule has 7 heteroatoms. The Morgan fingerprint density at radius 1 is 0.377 bits per heavy atom. The molecule has 2 aliphatic heterocycles. The molecule has 4 aromatic carbocycles. The Bertz CT molecular complexity index is 3650. The van der Waals surface area contributed by atoms with Crippen LogP contribution in [0.25, 0.3) is 123 Å². The second kappa shape index (κ2) is 13.5. The Labute approximate surface area is 351 Å². The van der Waals surface area contributed by atoms with Gasteiger partial charge >= 0.3 is 0 Å². The summed E-state index contributed by atoms with van der Waals surface area (Å²) in [5.41, 5.74) is 15.9. The molecule has 0 spiro atoms. The van der Waals surface area contributed by atoms with Crippen molar-refractivity contribution in [1.82, 2.24) is 19.9 Å². The van der Waals surface area contributed by atoms with E-state index in [-0.39, 0.29) is 0 Å². The number of rotatable bonds is 4. The lowest BCUT2D eigenvalue weighted by atomic mass is 9.89. The van der Waals surface area contributed by atoms with Crippen molar-refractivity contribution >= 4 is 78.7 Å². The van der Waals surface area contributed by atoms with Crippen molar-refractivity contribution in [3.8, 4) is 44.5 Å². The molecular formula is C54H40N7+3. The molecule has 7 nitrogen and oxygen atoms in total. The van der Waals surface area contributed by atoms with Gasteiger partial charge in [0.15, 0.2) is 37.2 Å². The monoisotopic (exact) mass is 786 g/mol. The Morgan fingerprint density at radius 2 is 0.836 bits per heavy atom. The third-order valence-corrected chi connectivity index (χ3v) is 12.3. The van der Waals surface area contributed by atoms with Crippen LogP contribution in [-0.2, 0) is 21.1 Å². The maximum Gasteiger partial charge on any atom is 0.176 e. The van der Waals surface area contributed by atoms with Crippen molar-refractivity contribution in [2.45, 2.75) is 0 Å². The maximum atomic E-state index is 5.59. The minimum atomic E-state index is 0.884. The molecular weight excluding hydrogens is 747 g/mol. The van der Waals surface area contributed by atoms with E-state index >= 15 is 0 Å². The Balaban J connectivity index is 1.26. The molecule has 0 radical (unpaired) electrons. The lowest BCUT2D eigenvalue weighted by Crippen LogP contribution is -2.26. The van der Waals surface area contributed by atoms with Gasteiger partial charge in [0.05, 0.1) is 22.8 Å². The molecule has 2 aliphatic rings. The summed E-state index contributed by atoms with van der Waals surface area (Å²) >= 11 is 0. The smallest absolute Gasteiger partial charge is 0.176 e. The first-order valence-corrected chi connectivity index (χ1v) is 20.6. The van der Waals surface area contributed by atoms with E-state index in [1.54, 1.807) is 0 Å². The van der Waals surface area contributed by atoms with Crippen molar-refractivity contribution in [3.05, 3.63) is 175 Å². The summed E-state index contributed by atoms with van der Waals surface area (Å²) in [5, 5.41) is 7.46. The molecule has 8 bridgehead atoms. The van der Waals surface area contributed by atoms with E-state index < -0.39 is 0 Å². The van der Waals surface area contributed by atoms with Gasteiger partial charge in [0.25, 0.3) is 0 Å². The zero-order valence-corrected chi connectivity index (χ0v) is 34.0. The summed E-state index contributed by atoms with van der Waals surface area (Å²) in [4.78, 5) is 18.9. The number of aromatic amines is 2. The Hall–Kier alpha value is -8.03. The largest absolute Gasteiger partial charge is 0.354 e. The number of aryl methyl sites for hydroxylation is 3. The van der Waals surface area contributed by atoms with E-state index in [0.717, 1.165) is 89.4 Å². The standard InChI is InChI=1S/C54H39N7/c1-59-28-23-36(24-29-59)51-41-15-16-42(55-41)52(37-25-30-60(2)31-26-37)44-19-21-47(57-44)54(40-14-12-35-10-9-33-6-4-7-34-11-13-39(40)50(35)49(33)34)48-22-20-46(58-48)53(45-18-17-43(51)56-45)38-8-5-27-61(3)32-38/h4-32H,1-3H3,(H,55,56,57,58)/q+2/p+1. The van der Waals surface area contributed by atoms with E-state index in [4.69, 9.17) is 9.97 Å². The van der Waals surface area contributed by atoms with E-state index in [9.17, 15) is 0 Å². The van der Waals surface area contributed by atoms with Crippen LogP contribution in [0.2, 0.25) is 0 Å². The molecule has 288 valence electrons. The second-order valence-electron chi connectivity index (χ2n) is 16.2. The zero-order chi connectivity index (χ0) is 40.8. The number of pyridine rings is 3. The number of benzene rings is 4. The van der Waals surface area contributed by atoms with Crippen LogP contribution in [-0.4, -0.2) is 19.9 Å². The minimum absolute atomic E-state index is 0.884. The Morgan fingerprint density at radius 3 is 1.38 bits per heavy atom. The van der Waals surface area contributed by atoms with Crippen molar-refractivity contribution in [2.75, 3.05) is 0 Å². The van der Waals surface area contributed by atoms with Crippen LogP contribution < -0.4 is 13.7 Å². The fourth-order valence-electron chi connectivity index (χ4n) is 9.42. The van der Waals surface area contributed by atoms with Gasteiger partial charge in [-0.05, 0) is 104 Å². The van der Waals surface area contributed by atoms with Gasteiger partial charge in [-0.3, -0.25) is 0 Å². The second-order valence-corrected chi connectivity index (χ2v) is 16.2. The van der Waals surface area contributed by atoms with Gasteiger partial charge in [-0.25, -0.2) is 23.7 Å². The summed E-state index contributed by atoms with van der Waals surface area (Å²) < 4.78 is 6.21. The lowest BCUT2D eigenvalue weighted by molar-refractivity contribution is -0.671. The summed E-state index contributed by atoms with van der Waals surface area (Å²) in [6.07, 6.45) is 21.2. The van der Waals surface area contributed by atoms with Crippen LogP contribution in [0.4, 0.5) is 0 Å². The van der Waals surface area contributed by atoms with Gasteiger partial charge in [0.1, 0.15) is 21.1 Å². The summed E-state index contributed by atoms with van der Waals surface area (Å²) in [6.45, 7) is 0. The highest BCUT2D eigenvalue weighted by atomic mass is 14.9. The minimum Gasteiger partial charge on any atom is -0.354 e. The number of hydrogen-bond donors (Lipinski definition) is 2. The highest BCUT2D eigenvalue weighted by Gasteiger charge is 2.22. The number of aromatic nitrogens is 7. The molecule has 0 aliphatic carbocycles. The van der Waals surface area contributed by atoms with Crippen LogP contribution in [0.5, 0.6) is 0 Å². The number of fused-ring (bicyclic) bond motifs is 8. The van der Waals surface area contributed by atoms with E-state index in [1.807, 2.05) is 14.1 Å². The number of nitrogens with one attached hydrogen (secondary N) is 2. The van der Waals surface area contributed by atoms with Crippen LogP contribution in [0.1, 0.15) is 22.8 Å². The average molecular weight is 787 g/mol. The SMILES string of the molecule is C[n+]1ccc(-c2c3nc(c(-c4ccc[n+](C)c4)c4ccc([nH]4)c(-c4ccc5ccc6cccc7ccc4c5c67)c4nc(c(-c5cc[n+](C)cc5)c5ccc2[nH]5)C=C4)C=C3)cc1. The molecule has 0 saturated heterocycles. The highest BCUT2D eigenvalue weighted by molar-refractivity contribution is 6.26. The van der Waals surface area contributed by atoms with Crippen LogP contribution in [0, 0.1) is 0 Å². The number of nitrogens with zero attached hydrogens (tertiary/aromatic N) is 5. The molecule has 0 unspecified atom stereocenters. The predicted octanol–water partition coefficient (Wildman–Crippen LogP) is 10.7. The number of H-pyrrole nitrogens is 2. The van der Waals surface area contributed by atoms with Gasteiger partial charge in [-0.2, -0.15) is 0 Å². The molecule has 6 aromatic heterocycles. The molecule has 0 fully saturated rings. The quantitative estimate of drug-likeness (QED) is 0.138. The fraction of sp³-hybridized carbons (Fsp3) is 0.0556. The molecule has 0 amide bonds. The molecule has 0 atom stereocenters. The van der Waals surface area contributed by atoms with Crippen molar-refractivity contribution in [3.63, 3.8) is 0 Å². The average Bonchev–Trinajstić information content (AvgIpc) is 4.13. The van der Waals surface area contributed by atoms with E-state index in [1.165, 1.54) is 32.3 Å². The van der Waals surface area contributed by atoms with Gasteiger partial charge in [-0.1, -0.05) is 54.6 Å². The molecule has 0 saturated carbocycles. The van der Waals surface area contributed by atoms with E-state index in [2.05, 4.69) is 207 Å².